The van der Waals surface area contributed by atoms with Crippen LogP contribution in [0.3, 0.4) is 0 Å². The van der Waals surface area contributed by atoms with E-state index in [0.29, 0.717) is 16.3 Å². The molecule has 0 bridgehead atoms. The average Bonchev–Trinajstić information content (AvgIpc) is 3.32. The highest BCUT2D eigenvalue weighted by molar-refractivity contribution is 7.07. The molecule has 0 atom stereocenters. The zero-order chi connectivity index (χ0) is 18.8. The first-order valence-corrected chi connectivity index (χ1v) is 8.86. The van der Waals surface area contributed by atoms with Gasteiger partial charge in [-0.25, -0.2) is 4.68 Å². The minimum Gasteiger partial charge on any atom is -0.454 e. The lowest BCUT2D eigenvalue weighted by Gasteiger charge is -2.03. The second-order valence-electron chi connectivity index (χ2n) is 5.60. The minimum absolute atomic E-state index is 0.0461. The van der Waals surface area contributed by atoms with Crippen LogP contribution in [0, 0.1) is 10.1 Å². The van der Waals surface area contributed by atoms with E-state index < -0.39 is 4.92 Å². The third kappa shape index (κ3) is 3.32. The number of rotatable bonds is 4. The zero-order valence-corrected chi connectivity index (χ0v) is 15.0. The summed E-state index contributed by atoms with van der Waals surface area (Å²) in [6.07, 6.45) is 1.71. The molecule has 2 heterocycles. The summed E-state index contributed by atoms with van der Waals surface area (Å²) in [5, 5.41) is 17.3. The molecular formula is C18H14N4O4S. The summed E-state index contributed by atoms with van der Waals surface area (Å²) >= 11 is 1.44. The molecule has 2 aromatic carbocycles. The standard InChI is InChI=1S/C18H14N4O4S/c1-19-18-21(20-9-12-2-7-16-17(8-12)26-11-25-16)15(10-27-18)13-3-5-14(6-4-13)22(23)24/h2-10H,11H2,1H3. The third-order valence-electron chi connectivity index (χ3n) is 3.97. The Morgan fingerprint density at radius 3 is 2.70 bits per heavy atom. The van der Waals surface area contributed by atoms with E-state index in [-0.39, 0.29) is 12.5 Å². The lowest BCUT2D eigenvalue weighted by Crippen LogP contribution is -2.11. The quantitative estimate of drug-likeness (QED) is 0.393. The van der Waals surface area contributed by atoms with E-state index in [1.165, 1.54) is 23.5 Å². The van der Waals surface area contributed by atoms with Gasteiger partial charge in [-0.1, -0.05) is 0 Å². The van der Waals surface area contributed by atoms with E-state index >= 15 is 0 Å². The van der Waals surface area contributed by atoms with E-state index in [1.54, 1.807) is 30.1 Å². The van der Waals surface area contributed by atoms with Crippen molar-refractivity contribution in [2.45, 2.75) is 0 Å². The van der Waals surface area contributed by atoms with Gasteiger partial charge in [-0.2, -0.15) is 5.10 Å². The number of hydrogen-bond acceptors (Lipinski definition) is 7. The fourth-order valence-corrected chi connectivity index (χ4v) is 3.44. The Bertz CT molecular complexity index is 1100. The molecule has 1 aliphatic rings. The van der Waals surface area contributed by atoms with Crippen molar-refractivity contribution in [3.05, 3.63) is 68.3 Å². The first kappa shape index (κ1) is 17.0. The summed E-state index contributed by atoms with van der Waals surface area (Å²) in [5.41, 5.74) is 2.52. The van der Waals surface area contributed by atoms with E-state index in [4.69, 9.17) is 9.47 Å². The Morgan fingerprint density at radius 1 is 1.19 bits per heavy atom. The van der Waals surface area contributed by atoms with Gasteiger partial charge in [0.05, 0.1) is 16.8 Å². The van der Waals surface area contributed by atoms with Crippen molar-refractivity contribution in [3.8, 4) is 22.8 Å². The van der Waals surface area contributed by atoms with Crippen molar-refractivity contribution in [2.24, 2.45) is 10.1 Å². The molecule has 0 saturated carbocycles. The number of nitro benzene ring substituents is 1. The number of fused-ring (bicyclic) bond motifs is 1. The van der Waals surface area contributed by atoms with Crippen LogP contribution in [-0.2, 0) is 0 Å². The van der Waals surface area contributed by atoms with Crippen LogP contribution in [0.5, 0.6) is 11.5 Å². The van der Waals surface area contributed by atoms with Crippen LogP contribution in [0.25, 0.3) is 11.3 Å². The van der Waals surface area contributed by atoms with Gasteiger partial charge in [0.2, 0.25) is 11.6 Å². The molecule has 0 saturated heterocycles. The fourth-order valence-electron chi connectivity index (χ4n) is 2.63. The van der Waals surface area contributed by atoms with Crippen molar-refractivity contribution in [1.82, 2.24) is 4.68 Å². The lowest BCUT2D eigenvalue weighted by atomic mass is 10.1. The van der Waals surface area contributed by atoms with Gasteiger partial charge in [0.1, 0.15) is 0 Å². The second kappa shape index (κ2) is 7.04. The molecule has 0 amide bonds. The second-order valence-corrected chi connectivity index (χ2v) is 6.44. The van der Waals surface area contributed by atoms with Crippen LogP contribution < -0.4 is 14.3 Å². The van der Waals surface area contributed by atoms with E-state index in [2.05, 4.69) is 10.1 Å². The van der Waals surface area contributed by atoms with Crippen molar-refractivity contribution < 1.29 is 14.4 Å². The molecule has 1 aromatic heterocycles. The number of benzene rings is 2. The van der Waals surface area contributed by atoms with E-state index in [0.717, 1.165) is 16.8 Å². The first-order chi connectivity index (χ1) is 13.2. The molecule has 9 heteroatoms. The van der Waals surface area contributed by atoms with Gasteiger partial charge in [0, 0.05) is 30.1 Å². The molecule has 27 heavy (non-hydrogen) atoms. The summed E-state index contributed by atoms with van der Waals surface area (Å²) in [5.74, 6) is 1.40. The van der Waals surface area contributed by atoms with Crippen LogP contribution in [0.15, 0.2) is 57.9 Å². The Hall–Kier alpha value is -3.46. The van der Waals surface area contributed by atoms with Gasteiger partial charge in [0.25, 0.3) is 5.69 Å². The highest BCUT2D eigenvalue weighted by Gasteiger charge is 2.13. The number of nitro groups is 1. The molecule has 3 aromatic rings. The largest absolute Gasteiger partial charge is 0.454 e. The summed E-state index contributed by atoms with van der Waals surface area (Å²) in [6, 6.07) is 11.9. The van der Waals surface area contributed by atoms with Crippen LogP contribution >= 0.6 is 11.3 Å². The van der Waals surface area contributed by atoms with Crippen molar-refractivity contribution >= 4 is 23.2 Å². The molecule has 136 valence electrons. The predicted octanol–water partition coefficient (Wildman–Crippen LogP) is 3.27. The summed E-state index contributed by atoms with van der Waals surface area (Å²) in [6.45, 7) is 0.221. The maximum Gasteiger partial charge on any atom is 0.269 e. The molecule has 0 aliphatic carbocycles. The number of aromatic nitrogens is 1. The molecular weight excluding hydrogens is 368 g/mol. The maximum absolute atomic E-state index is 10.9. The summed E-state index contributed by atoms with van der Waals surface area (Å²) in [4.78, 5) is 15.4. The smallest absolute Gasteiger partial charge is 0.269 e. The zero-order valence-electron chi connectivity index (χ0n) is 14.2. The maximum atomic E-state index is 10.9. The van der Waals surface area contributed by atoms with Gasteiger partial charge in [-0.05, 0) is 35.9 Å². The normalized spacial score (nSPS) is 13.4. The lowest BCUT2D eigenvalue weighted by molar-refractivity contribution is -0.384. The molecule has 4 rings (SSSR count). The van der Waals surface area contributed by atoms with Gasteiger partial charge < -0.3 is 9.47 Å². The summed E-state index contributed by atoms with van der Waals surface area (Å²) in [7, 11) is 1.69. The van der Waals surface area contributed by atoms with Crippen LogP contribution in [0.1, 0.15) is 5.56 Å². The van der Waals surface area contributed by atoms with Crippen molar-refractivity contribution in [3.63, 3.8) is 0 Å². The fraction of sp³-hybridized carbons (Fsp3) is 0.111. The monoisotopic (exact) mass is 382 g/mol. The Kier molecular flexibility index (Phi) is 4.43. The Balaban J connectivity index is 1.70. The number of hydrogen-bond donors (Lipinski definition) is 0. The molecule has 1 aliphatic heterocycles. The van der Waals surface area contributed by atoms with Crippen LogP contribution in [0.4, 0.5) is 5.69 Å². The van der Waals surface area contributed by atoms with Crippen molar-refractivity contribution in [2.75, 3.05) is 13.8 Å². The third-order valence-corrected chi connectivity index (χ3v) is 4.88. The predicted molar refractivity (Wildman–Crippen MR) is 101 cm³/mol. The number of nitrogens with zero attached hydrogens (tertiary/aromatic N) is 4. The molecule has 0 radical (unpaired) electrons. The number of non-ortho nitro benzene ring substituents is 1. The Labute approximate surface area is 157 Å². The number of thiazole rings is 1. The molecule has 8 nitrogen and oxygen atoms in total. The molecule has 0 spiro atoms. The highest BCUT2D eigenvalue weighted by Crippen LogP contribution is 2.32. The molecule has 0 N–H and O–H groups in total. The molecule has 0 fully saturated rings. The topological polar surface area (TPSA) is 91.2 Å². The van der Waals surface area contributed by atoms with Gasteiger partial charge in [-0.15, -0.1) is 11.3 Å². The Morgan fingerprint density at radius 2 is 1.96 bits per heavy atom. The average molecular weight is 382 g/mol. The highest BCUT2D eigenvalue weighted by atomic mass is 32.1. The van der Waals surface area contributed by atoms with E-state index in [9.17, 15) is 10.1 Å². The van der Waals surface area contributed by atoms with Gasteiger partial charge >= 0.3 is 0 Å². The van der Waals surface area contributed by atoms with Crippen LogP contribution in [0.2, 0.25) is 0 Å². The van der Waals surface area contributed by atoms with Crippen LogP contribution in [-0.4, -0.2) is 29.7 Å². The van der Waals surface area contributed by atoms with Gasteiger partial charge in [0.15, 0.2) is 11.5 Å². The van der Waals surface area contributed by atoms with E-state index in [1.807, 2.05) is 23.6 Å². The SMILES string of the molecule is CN=c1scc(-c2ccc([N+](=O)[O-])cc2)n1N=Cc1ccc2c(c1)OCO2. The van der Waals surface area contributed by atoms with Crippen molar-refractivity contribution in [1.29, 1.82) is 0 Å². The first-order valence-electron chi connectivity index (χ1n) is 7.98. The molecule has 0 unspecified atom stereocenters. The minimum atomic E-state index is -0.421. The summed E-state index contributed by atoms with van der Waals surface area (Å²) < 4.78 is 12.4. The number of ether oxygens (including phenoxy) is 2. The van der Waals surface area contributed by atoms with Gasteiger partial charge in [-0.3, -0.25) is 15.1 Å².